The van der Waals surface area contributed by atoms with E-state index in [1.807, 2.05) is 11.3 Å². The molecule has 0 bridgehead atoms. The van der Waals surface area contributed by atoms with E-state index in [0.29, 0.717) is 6.04 Å². The number of aryl methyl sites for hydroxylation is 1. The van der Waals surface area contributed by atoms with Gasteiger partial charge in [-0.3, -0.25) is 9.80 Å². The summed E-state index contributed by atoms with van der Waals surface area (Å²) in [4.78, 5) is 8.20. The molecule has 0 amide bonds. The molecule has 1 aliphatic heterocycles. The molecular formula is C25H28N2S. The van der Waals surface area contributed by atoms with Crippen LogP contribution in [0.3, 0.4) is 0 Å². The van der Waals surface area contributed by atoms with Crippen LogP contribution < -0.4 is 0 Å². The maximum Gasteiger partial charge on any atom is 0.0541 e. The van der Waals surface area contributed by atoms with E-state index in [9.17, 15) is 0 Å². The molecule has 0 spiro atoms. The van der Waals surface area contributed by atoms with Crippen molar-refractivity contribution in [1.82, 2.24) is 9.80 Å². The van der Waals surface area contributed by atoms with Gasteiger partial charge in [-0.25, -0.2) is 0 Å². The van der Waals surface area contributed by atoms with Crippen molar-refractivity contribution in [3.8, 4) is 0 Å². The van der Waals surface area contributed by atoms with E-state index < -0.39 is 0 Å². The van der Waals surface area contributed by atoms with Gasteiger partial charge < -0.3 is 0 Å². The Morgan fingerprint density at radius 1 is 1.00 bits per heavy atom. The number of fused-ring (bicyclic) bond motifs is 2. The Labute approximate surface area is 172 Å². The predicted molar refractivity (Wildman–Crippen MR) is 120 cm³/mol. The van der Waals surface area contributed by atoms with Crippen LogP contribution >= 0.6 is 11.3 Å². The number of allylic oxidation sites excluding steroid dienone is 5. The lowest BCUT2D eigenvalue weighted by molar-refractivity contribution is 0.108. The summed E-state index contributed by atoms with van der Waals surface area (Å²) in [6.45, 7) is 7.87. The Morgan fingerprint density at radius 3 is 2.68 bits per heavy atom. The van der Waals surface area contributed by atoms with Crippen molar-refractivity contribution in [3.05, 3.63) is 87.2 Å². The third kappa shape index (κ3) is 3.55. The Morgan fingerprint density at radius 2 is 1.86 bits per heavy atom. The van der Waals surface area contributed by atoms with Crippen molar-refractivity contribution in [2.75, 3.05) is 26.2 Å². The molecule has 5 rings (SSSR count). The van der Waals surface area contributed by atoms with Gasteiger partial charge in [-0.2, -0.15) is 0 Å². The fourth-order valence-electron chi connectivity index (χ4n) is 4.77. The normalized spacial score (nSPS) is 22.8. The molecule has 2 nitrogen and oxygen atoms in total. The third-order valence-corrected chi connectivity index (χ3v) is 7.23. The van der Waals surface area contributed by atoms with E-state index in [2.05, 4.69) is 77.4 Å². The van der Waals surface area contributed by atoms with Gasteiger partial charge in [0.05, 0.1) is 6.04 Å². The topological polar surface area (TPSA) is 6.48 Å². The number of hydrogen-bond acceptors (Lipinski definition) is 3. The van der Waals surface area contributed by atoms with Crippen LogP contribution in [0.1, 0.15) is 39.8 Å². The van der Waals surface area contributed by atoms with E-state index in [4.69, 9.17) is 0 Å². The zero-order valence-corrected chi connectivity index (χ0v) is 17.4. The van der Waals surface area contributed by atoms with Crippen molar-refractivity contribution >= 4 is 16.9 Å². The summed E-state index contributed by atoms with van der Waals surface area (Å²) in [5.74, 6) is 0. The minimum Gasteiger partial charge on any atom is -0.296 e. The van der Waals surface area contributed by atoms with Gasteiger partial charge in [0.25, 0.3) is 0 Å². The molecule has 0 radical (unpaired) electrons. The van der Waals surface area contributed by atoms with Crippen molar-refractivity contribution in [2.24, 2.45) is 0 Å². The van der Waals surface area contributed by atoms with E-state index in [-0.39, 0.29) is 0 Å². The average molecular weight is 389 g/mol. The summed E-state index contributed by atoms with van der Waals surface area (Å²) in [5.41, 5.74) is 5.89. The van der Waals surface area contributed by atoms with Gasteiger partial charge in [-0.05, 0) is 54.2 Å². The number of piperazine rings is 1. The van der Waals surface area contributed by atoms with Gasteiger partial charge in [0.2, 0.25) is 0 Å². The second-order valence-electron chi connectivity index (χ2n) is 8.09. The van der Waals surface area contributed by atoms with Crippen LogP contribution in [0, 0.1) is 6.92 Å². The summed E-state index contributed by atoms with van der Waals surface area (Å²) in [7, 11) is 0. The van der Waals surface area contributed by atoms with Crippen molar-refractivity contribution < 1.29 is 0 Å². The molecule has 144 valence electrons. The molecule has 3 aliphatic rings. The summed E-state index contributed by atoms with van der Waals surface area (Å²) in [6, 6.07) is 14.0. The maximum atomic E-state index is 2.67. The van der Waals surface area contributed by atoms with Gasteiger partial charge in [-0.15, -0.1) is 11.3 Å². The molecule has 2 heterocycles. The summed E-state index contributed by atoms with van der Waals surface area (Å²) in [6.07, 6.45) is 11.8. The van der Waals surface area contributed by atoms with Crippen molar-refractivity contribution in [2.45, 2.75) is 32.4 Å². The van der Waals surface area contributed by atoms with E-state index in [1.54, 1.807) is 0 Å². The molecule has 1 unspecified atom stereocenters. The first-order valence-electron chi connectivity index (χ1n) is 10.5. The lowest BCUT2D eigenvalue weighted by Gasteiger charge is -2.38. The Hall–Kier alpha value is -1.94. The molecule has 1 fully saturated rings. The fourth-order valence-corrected chi connectivity index (χ4v) is 5.70. The van der Waals surface area contributed by atoms with Crippen LogP contribution in [0.5, 0.6) is 0 Å². The largest absolute Gasteiger partial charge is 0.296 e. The van der Waals surface area contributed by atoms with Crippen LogP contribution in [-0.2, 0) is 6.54 Å². The quantitative estimate of drug-likeness (QED) is 0.676. The first-order valence-corrected chi connectivity index (χ1v) is 11.3. The summed E-state index contributed by atoms with van der Waals surface area (Å²) < 4.78 is 0. The molecule has 2 aliphatic carbocycles. The lowest BCUT2D eigenvalue weighted by atomic mass is 9.89. The predicted octanol–water partition coefficient (Wildman–Crippen LogP) is 5.59. The Kier molecular flexibility index (Phi) is 5.06. The molecule has 2 aromatic rings. The van der Waals surface area contributed by atoms with E-state index >= 15 is 0 Å². The Balaban J connectivity index is 1.34. The SMILES string of the molecule is Cc1ccc(CN2CCN(C3C=CC4=C(CCC=C4)c4ccccc43)CC2)s1. The Bertz CT molecular complexity index is 941. The van der Waals surface area contributed by atoms with Gasteiger partial charge in [-0.1, -0.05) is 48.6 Å². The highest BCUT2D eigenvalue weighted by Gasteiger charge is 2.27. The van der Waals surface area contributed by atoms with E-state index in [1.165, 1.54) is 32.0 Å². The molecule has 1 aromatic heterocycles. The number of thiophene rings is 1. The fraction of sp³-hybridized carbons (Fsp3) is 0.360. The second-order valence-corrected chi connectivity index (χ2v) is 9.46. The smallest absolute Gasteiger partial charge is 0.0541 e. The van der Waals surface area contributed by atoms with Crippen molar-refractivity contribution in [1.29, 1.82) is 0 Å². The standard InChI is InChI=1S/C25H28N2S/c1-19-10-12-21(28-19)18-26-14-16-27(17-15-26)25-13-11-20-6-2-3-7-22(20)23-8-4-5-9-24(23)25/h2,4-6,8-13,25H,3,7,14-18H2,1H3. The molecular weight excluding hydrogens is 360 g/mol. The average Bonchev–Trinajstić information content (AvgIpc) is 3.06. The van der Waals surface area contributed by atoms with Gasteiger partial charge in [0.15, 0.2) is 0 Å². The minimum atomic E-state index is 0.390. The monoisotopic (exact) mass is 388 g/mol. The highest BCUT2D eigenvalue weighted by molar-refractivity contribution is 7.11. The molecule has 28 heavy (non-hydrogen) atoms. The number of hydrogen-bond donors (Lipinski definition) is 0. The number of rotatable bonds is 3. The molecule has 3 heteroatoms. The van der Waals surface area contributed by atoms with Gasteiger partial charge in [0, 0.05) is 42.5 Å². The molecule has 0 saturated carbocycles. The molecule has 0 N–H and O–H groups in total. The highest BCUT2D eigenvalue weighted by Crippen LogP contribution is 2.39. The van der Waals surface area contributed by atoms with Crippen LogP contribution in [0.25, 0.3) is 5.57 Å². The van der Waals surface area contributed by atoms with E-state index in [0.717, 1.165) is 45.6 Å². The molecule has 1 atom stereocenters. The zero-order chi connectivity index (χ0) is 18.9. The molecule has 1 saturated heterocycles. The van der Waals surface area contributed by atoms with Gasteiger partial charge >= 0.3 is 0 Å². The zero-order valence-electron chi connectivity index (χ0n) is 16.6. The summed E-state index contributed by atoms with van der Waals surface area (Å²) in [5, 5.41) is 0. The third-order valence-electron chi connectivity index (χ3n) is 6.25. The maximum absolute atomic E-state index is 2.67. The lowest BCUT2D eigenvalue weighted by Crippen LogP contribution is -2.46. The van der Waals surface area contributed by atoms with Crippen molar-refractivity contribution in [3.63, 3.8) is 0 Å². The number of nitrogens with zero attached hydrogens (tertiary/aromatic N) is 2. The van der Waals surface area contributed by atoms with Crippen LogP contribution in [0.4, 0.5) is 0 Å². The first-order chi connectivity index (χ1) is 13.8. The van der Waals surface area contributed by atoms with Gasteiger partial charge in [0.1, 0.15) is 0 Å². The van der Waals surface area contributed by atoms with Crippen LogP contribution in [0.15, 0.2) is 66.3 Å². The summed E-state index contributed by atoms with van der Waals surface area (Å²) >= 11 is 1.94. The highest BCUT2D eigenvalue weighted by atomic mass is 32.1. The number of benzene rings is 1. The molecule has 1 aromatic carbocycles. The first kappa shape index (κ1) is 18.1. The van der Waals surface area contributed by atoms with Crippen LogP contribution in [0.2, 0.25) is 0 Å². The second kappa shape index (κ2) is 7.82. The minimum absolute atomic E-state index is 0.390. The van der Waals surface area contributed by atoms with Crippen LogP contribution in [-0.4, -0.2) is 36.0 Å².